The molecule has 3 aromatic carbocycles. The lowest BCUT2D eigenvalue weighted by Gasteiger charge is -2.14. The molecule has 29 heavy (non-hydrogen) atoms. The lowest BCUT2D eigenvalue weighted by Crippen LogP contribution is -2.18. The number of benzene rings is 3. The quantitative estimate of drug-likeness (QED) is 0.454. The summed E-state index contributed by atoms with van der Waals surface area (Å²) in [5.41, 5.74) is 1.97. The molecule has 0 aliphatic rings. The molecule has 3 aromatic rings. The van der Waals surface area contributed by atoms with Gasteiger partial charge < -0.3 is 14.8 Å². The molecule has 0 spiro atoms. The number of rotatable bonds is 7. The van der Waals surface area contributed by atoms with Crippen molar-refractivity contribution in [3.05, 3.63) is 90.0 Å². The van der Waals surface area contributed by atoms with Gasteiger partial charge in [0, 0.05) is 5.69 Å². The minimum absolute atomic E-state index is 0.276. The van der Waals surface area contributed by atoms with E-state index in [1.807, 2.05) is 37.3 Å². The Morgan fingerprint density at radius 2 is 1.55 bits per heavy atom. The molecule has 5 nitrogen and oxygen atoms in total. The molecule has 1 unspecified atom stereocenters. The van der Waals surface area contributed by atoms with Crippen LogP contribution in [-0.2, 0) is 4.79 Å². The highest BCUT2D eigenvalue weighted by Gasteiger charge is 2.20. The van der Waals surface area contributed by atoms with Crippen LogP contribution in [-0.4, -0.2) is 19.0 Å². The second kappa shape index (κ2) is 9.55. The number of ether oxygens (including phenoxy) is 2. The largest absolute Gasteiger partial charge is 0.496 e. The topological polar surface area (TPSA) is 64.6 Å². The predicted octanol–water partition coefficient (Wildman–Crippen LogP) is 5.05. The van der Waals surface area contributed by atoms with Gasteiger partial charge in [0.05, 0.1) is 18.6 Å². The third kappa shape index (κ3) is 5.02. The van der Waals surface area contributed by atoms with Crippen molar-refractivity contribution in [3.63, 3.8) is 0 Å². The van der Waals surface area contributed by atoms with Gasteiger partial charge in [0.25, 0.3) is 5.91 Å². The van der Waals surface area contributed by atoms with Gasteiger partial charge in [-0.25, -0.2) is 0 Å². The van der Waals surface area contributed by atoms with Gasteiger partial charge in [-0.2, -0.15) is 0 Å². The van der Waals surface area contributed by atoms with E-state index in [2.05, 4.69) is 5.32 Å². The second-order valence-electron chi connectivity index (χ2n) is 6.47. The Morgan fingerprint density at radius 3 is 2.21 bits per heavy atom. The third-order valence-electron chi connectivity index (χ3n) is 4.58. The van der Waals surface area contributed by atoms with Crippen LogP contribution in [0.1, 0.15) is 35.2 Å². The number of anilines is 1. The highest BCUT2D eigenvalue weighted by Crippen LogP contribution is 2.24. The van der Waals surface area contributed by atoms with Crippen LogP contribution in [0.25, 0.3) is 0 Å². The van der Waals surface area contributed by atoms with E-state index in [4.69, 9.17) is 9.47 Å². The Labute approximate surface area is 170 Å². The summed E-state index contributed by atoms with van der Waals surface area (Å²) in [7, 11) is 1.52. The molecule has 0 aliphatic heterocycles. The van der Waals surface area contributed by atoms with Gasteiger partial charge in [-0.1, -0.05) is 49.4 Å². The van der Waals surface area contributed by atoms with Gasteiger partial charge in [-0.05, 0) is 48.4 Å². The first-order valence-electron chi connectivity index (χ1n) is 9.43. The molecule has 0 bridgehead atoms. The number of nitrogens with one attached hydrogen (secondary N) is 1. The molecular weight excluding hydrogens is 366 g/mol. The number of amides is 1. The molecule has 0 saturated heterocycles. The van der Waals surface area contributed by atoms with Crippen LogP contribution in [0.4, 0.5) is 5.69 Å². The first-order chi connectivity index (χ1) is 14.1. The van der Waals surface area contributed by atoms with E-state index in [1.54, 1.807) is 48.5 Å². The fourth-order valence-electron chi connectivity index (χ4n) is 3.05. The van der Waals surface area contributed by atoms with E-state index in [9.17, 15) is 9.59 Å². The molecule has 0 fully saturated rings. The number of hydrogen-bond donors (Lipinski definition) is 1. The Morgan fingerprint density at radius 1 is 0.897 bits per heavy atom. The minimum atomic E-state index is -0.318. The molecule has 5 heteroatoms. The zero-order valence-corrected chi connectivity index (χ0v) is 16.4. The van der Waals surface area contributed by atoms with Gasteiger partial charge in [-0.3, -0.25) is 9.59 Å². The predicted molar refractivity (Wildman–Crippen MR) is 112 cm³/mol. The lowest BCUT2D eigenvalue weighted by molar-refractivity contribution is -0.136. The molecule has 1 N–H and O–H groups in total. The molecule has 1 atom stereocenters. The first kappa shape index (κ1) is 20.1. The van der Waals surface area contributed by atoms with E-state index < -0.39 is 0 Å². The summed E-state index contributed by atoms with van der Waals surface area (Å²) < 4.78 is 10.7. The Kier molecular flexibility index (Phi) is 6.63. The number of carbonyl (C=O) groups excluding carboxylic acids is 2. The number of hydrogen-bond acceptors (Lipinski definition) is 4. The maximum atomic E-state index is 12.6. The van der Waals surface area contributed by atoms with Gasteiger partial charge in [0.1, 0.15) is 11.5 Å². The fourth-order valence-corrected chi connectivity index (χ4v) is 3.05. The van der Waals surface area contributed by atoms with Crippen LogP contribution < -0.4 is 14.8 Å². The molecule has 148 valence electrons. The average molecular weight is 389 g/mol. The minimum Gasteiger partial charge on any atom is -0.496 e. The summed E-state index contributed by atoms with van der Waals surface area (Å²) in [6.45, 7) is 1.95. The van der Waals surface area contributed by atoms with E-state index in [0.717, 1.165) is 5.56 Å². The van der Waals surface area contributed by atoms with Crippen molar-refractivity contribution >= 4 is 17.6 Å². The summed E-state index contributed by atoms with van der Waals surface area (Å²) in [5.74, 6) is 0.0368. The van der Waals surface area contributed by atoms with E-state index in [-0.39, 0.29) is 17.8 Å². The maximum absolute atomic E-state index is 12.6. The number of para-hydroxylation sites is 1. The lowest BCUT2D eigenvalue weighted by atomic mass is 9.97. The molecule has 1 amide bonds. The second-order valence-corrected chi connectivity index (χ2v) is 6.47. The first-order valence-corrected chi connectivity index (χ1v) is 9.43. The van der Waals surface area contributed by atoms with Crippen molar-refractivity contribution in [2.45, 2.75) is 19.3 Å². The standard InChI is InChI=1S/C24H23NO4/c1-3-20(17-9-5-4-6-10-17)24(27)29-19-15-13-18(14-16-19)25-23(26)21-11-7-8-12-22(21)28-2/h4-16,20H,3H2,1-2H3,(H,25,26). The third-order valence-corrected chi connectivity index (χ3v) is 4.58. The zero-order chi connectivity index (χ0) is 20.6. The summed E-state index contributed by atoms with van der Waals surface area (Å²) in [6, 6.07) is 23.3. The molecule has 0 radical (unpaired) electrons. The van der Waals surface area contributed by atoms with Crippen molar-refractivity contribution in [2.24, 2.45) is 0 Å². The maximum Gasteiger partial charge on any atom is 0.318 e. The van der Waals surface area contributed by atoms with Crippen LogP contribution in [0.2, 0.25) is 0 Å². The van der Waals surface area contributed by atoms with Crippen molar-refractivity contribution in [2.75, 3.05) is 12.4 Å². The van der Waals surface area contributed by atoms with E-state index in [1.165, 1.54) is 7.11 Å². The van der Waals surface area contributed by atoms with Gasteiger partial charge in [-0.15, -0.1) is 0 Å². The van der Waals surface area contributed by atoms with Gasteiger partial charge >= 0.3 is 5.97 Å². The summed E-state index contributed by atoms with van der Waals surface area (Å²) in [6.07, 6.45) is 0.649. The van der Waals surface area contributed by atoms with Crippen molar-refractivity contribution in [1.29, 1.82) is 0 Å². The SMILES string of the molecule is CCC(C(=O)Oc1ccc(NC(=O)c2ccccc2OC)cc1)c1ccccc1. The number of methoxy groups -OCH3 is 1. The molecule has 0 saturated carbocycles. The Bertz CT molecular complexity index is 968. The summed E-state index contributed by atoms with van der Waals surface area (Å²) in [5, 5.41) is 2.81. The molecule has 0 heterocycles. The normalized spacial score (nSPS) is 11.4. The Hall–Kier alpha value is -3.60. The number of carbonyl (C=O) groups is 2. The smallest absolute Gasteiger partial charge is 0.318 e. The zero-order valence-electron chi connectivity index (χ0n) is 16.4. The fraction of sp³-hybridized carbons (Fsp3) is 0.167. The van der Waals surface area contributed by atoms with Crippen LogP contribution >= 0.6 is 0 Å². The van der Waals surface area contributed by atoms with Crippen LogP contribution in [0.3, 0.4) is 0 Å². The average Bonchev–Trinajstić information content (AvgIpc) is 2.76. The monoisotopic (exact) mass is 389 g/mol. The van der Waals surface area contributed by atoms with Crippen LogP contribution in [0.15, 0.2) is 78.9 Å². The van der Waals surface area contributed by atoms with E-state index in [0.29, 0.717) is 29.2 Å². The molecule has 3 rings (SSSR count). The van der Waals surface area contributed by atoms with E-state index >= 15 is 0 Å². The van der Waals surface area contributed by atoms with Crippen LogP contribution in [0, 0.1) is 0 Å². The van der Waals surface area contributed by atoms with Crippen LogP contribution in [0.5, 0.6) is 11.5 Å². The number of esters is 1. The van der Waals surface area contributed by atoms with Crippen molar-refractivity contribution in [1.82, 2.24) is 0 Å². The van der Waals surface area contributed by atoms with Gasteiger partial charge in [0.15, 0.2) is 0 Å². The molecule has 0 aliphatic carbocycles. The van der Waals surface area contributed by atoms with Crippen molar-refractivity contribution in [3.8, 4) is 11.5 Å². The summed E-state index contributed by atoms with van der Waals surface area (Å²) in [4.78, 5) is 25.0. The molecule has 0 aromatic heterocycles. The summed E-state index contributed by atoms with van der Waals surface area (Å²) >= 11 is 0. The highest BCUT2D eigenvalue weighted by molar-refractivity contribution is 6.06. The van der Waals surface area contributed by atoms with Gasteiger partial charge in [0.2, 0.25) is 0 Å². The van der Waals surface area contributed by atoms with Crippen molar-refractivity contribution < 1.29 is 19.1 Å². The highest BCUT2D eigenvalue weighted by atomic mass is 16.5. The Balaban J connectivity index is 1.65. The molecular formula is C24H23NO4.